The fourth-order valence-corrected chi connectivity index (χ4v) is 1.56. The van der Waals surface area contributed by atoms with Crippen molar-refractivity contribution in [2.75, 3.05) is 0 Å². The molecule has 4 heteroatoms. The summed E-state index contributed by atoms with van der Waals surface area (Å²) >= 11 is 0. The molecular weight excluding hydrogens is 190 g/mol. The van der Waals surface area contributed by atoms with Crippen LogP contribution in [0.15, 0.2) is 10.9 Å². The summed E-state index contributed by atoms with van der Waals surface area (Å²) in [4.78, 5) is 18.5. The van der Waals surface area contributed by atoms with Gasteiger partial charge in [0.1, 0.15) is 5.82 Å². The monoisotopic (exact) mass is 207 g/mol. The number of nitrogens with one attached hydrogen (secondary N) is 2. The van der Waals surface area contributed by atoms with Gasteiger partial charge in [0.05, 0.1) is 6.54 Å². The number of hydrogen-bond donors (Lipinski definition) is 2. The van der Waals surface area contributed by atoms with Crippen molar-refractivity contribution in [3.8, 4) is 0 Å². The lowest BCUT2D eigenvalue weighted by atomic mass is 10.2. The van der Waals surface area contributed by atoms with Gasteiger partial charge in [-0.25, -0.2) is 4.98 Å². The van der Waals surface area contributed by atoms with E-state index in [-0.39, 0.29) is 5.56 Å². The number of H-pyrrole nitrogens is 1. The summed E-state index contributed by atoms with van der Waals surface area (Å²) in [5, 5.41) is 3.34. The van der Waals surface area contributed by atoms with Crippen molar-refractivity contribution in [3.05, 3.63) is 27.9 Å². The van der Waals surface area contributed by atoms with Crippen LogP contribution in [0.2, 0.25) is 0 Å². The fourth-order valence-electron chi connectivity index (χ4n) is 1.56. The second kappa shape index (κ2) is 4.57. The molecule has 2 rings (SSSR count). The first kappa shape index (κ1) is 10.4. The summed E-state index contributed by atoms with van der Waals surface area (Å²) in [5.74, 6) is 0.762. The van der Waals surface area contributed by atoms with Crippen LogP contribution in [0.4, 0.5) is 0 Å². The number of hydrogen-bond acceptors (Lipinski definition) is 3. The summed E-state index contributed by atoms with van der Waals surface area (Å²) in [6.07, 6.45) is 4.39. The molecule has 0 bridgehead atoms. The van der Waals surface area contributed by atoms with Crippen LogP contribution in [0.25, 0.3) is 0 Å². The van der Waals surface area contributed by atoms with E-state index < -0.39 is 0 Å². The molecule has 0 aromatic carbocycles. The summed E-state index contributed by atoms with van der Waals surface area (Å²) < 4.78 is 0. The molecular formula is C11H17N3O. The fraction of sp³-hybridized carbons (Fsp3) is 0.636. The third kappa shape index (κ3) is 3.16. The number of nitrogens with zero attached hydrogens (tertiary/aromatic N) is 1. The van der Waals surface area contributed by atoms with Crippen LogP contribution < -0.4 is 10.9 Å². The zero-order chi connectivity index (χ0) is 10.7. The average Bonchev–Trinajstić information content (AvgIpc) is 2.98. The summed E-state index contributed by atoms with van der Waals surface area (Å²) in [6, 6.07) is 2.23. The molecule has 1 heterocycles. The van der Waals surface area contributed by atoms with Crippen LogP contribution in [-0.4, -0.2) is 16.0 Å². The van der Waals surface area contributed by atoms with Crippen molar-refractivity contribution in [2.45, 2.75) is 45.2 Å². The summed E-state index contributed by atoms with van der Waals surface area (Å²) in [6.45, 7) is 2.77. The predicted octanol–water partition coefficient (Wildman–Crippen LogP) is 0.974. The molecule has 0 radical (unpaired) electrons. The van der Waals surface area contributed by atoms with E-state index in [1.807, 2.05) is 0 Å². The first-order chi connectivity index (χ1) is 7.28. The van der Waals surface area contributed by atoms with Crippen LogP contribution in [0, 0.1) is 0 Å². The molecule has 0 saturated heterocycles. The topological polar surface area (TPSA) is 57.8 Å². The van der Waals surface area contributed by atoms with Crippen molar-refractivity contribution < 1.29 is 0 Å². The van der Waals surface area contributed by atoms with E-state index >= 15 is 0 Å². The van der Waals surface area contributed by atoms with Crippen LogP contribution in [-0.2, 0) is 13.0 Å². The summed E-state index contributed by atoms with van der Waals surface area (Å²) in [7, 11) is 0. The Bertz CT molecular complexity index is 382. The minimum Gasteiger partial charge on any atom is -0.309 e. The Labute approximate surface area is 89.1 Å². The molecule has 0 amide bonds. The van der Waals surface area contributed by atoms with Gasteiger partial charge in [-0.15, -0.1) is 0 Å². The van der Waals surface area contributed by atoms with Gasteiger partial charge in [-0.05, 0) is 19.3 Å². The molecule has 15 heavy (non-hydrogen) atoms. The van der Waals surface area contributed by atoms with E-state index in [0.29, 0.717) is 12.6 Å². The Morgan fingerprint density at radius 1 is 1.60 bits per heavy atom. The molecule has 0 atom stereocenters. The molecule has 1 aliphatic carbocycles. The van der Waals surface area contributed by atoms with E-state index in [0.717, 1.165) is 24.4 Å². The van der Waals surface area contributed by atoms with Crippen LogP contribution in [0.1, 0.15) is 37.7 Å². The lowest BCUT2D eigenvalue weighted by Crippen LogP contribution is -2.21. The lowest BCUT2D eigenvalue weighted by molar-refractivity contribution is 0.649. The minimum absolute atomic E-state index is 0.0407. The highest BCUT2D eigenvalue weighted by atomic mass is 16.1. The highest BCUT2D eigenvalue weighted by Crippen LogP contribution is 2.18. The SMILES string of the molecule is CCCc1cc(=O)[nH]c(CNC2CC2)n1. The van der Waals surface area contributed by atoms with E-state index in [9.17, 15) is 4.79 Å². The van der Waals surface area contributed by atoms with Gasteiger partial charge in [0, 0.05) is 17.8 Å². The largest absolute Gasteiger partial charge is 0.309 e. The molecule has 0 aliphatic heterocycles. The van der Waals surface area contributed by atoms with Crippen LogP contribution in [0.5, 0.6) is 0 Å². The number of aromatic amines is 1. The Hall–Kier alpha value is -1.16. The number of aromatic nitrogens is 2. The Balaban J connectivity index is 2.04. The average molecular weight is 207 g/mol. The predicted molar refractivity (Wildman–Crippen MR) is 58.7 cm³/mol. The van der Waals surface area contributed by atoms with Gasteiger partial charge in [-0.2, -0.15) is 0 Å². The molecule has 1 aromatic heterocycles. The molecule has 1 aliphatic rings. The van der Waals surface area contributed by atoms with Gasteiger partial charge in [-0.1, -0.05) is 13.3 Å². The maximum atomic E-state index is 11.3. The first-order valence-corrected chi connectivity index (χ1v) is 5.60. The zero-order valence-electron chi connectivity index (χ0n) is 9.05. The summed E-state index contributed by atoms with van der Waals surface area (Å²) in [5.41, 5.74) is 0.856. The van der Waals surface area contributed by atoms with Gasteiger partial charge in [0.2, 0.25) is 0 Å². The van der Waals surface area contributed by atoms with Crippen molar-refractivity contribution in [1.82, 2.24) is 15.3 Å². The zero-order valence-corrected chi connectivity index (χ0v) is 9.05. The van der Waals surface area contributed by atoms with Gasteiger partial charge in [-0.3, -0.25) is 4.79 Å². The van der Waals surface area contributed by atoms with Crippen molar-refractivity contribution in [1.29, 1.82) is 0 Å². The Morgan fingerprint density at radius 3 is 3.07 bits per heavy atom. The first-order valence-electron chi connectivity index (χ1n) is 5.60. The molecule has 1 aromatic rings. The van der Waals surface area contributed by atoms with Crippen molar-refractivity contribution >= 4 is 0 Å². The Kier molecular flexibility index (Phi) is 3.16. The molecule has 4 nitrogen and oxygen atoms in total. The number of aryl methyl sites for hydroxylation is 1. The van der Waals surface area contributed by atoms with Gasteiger partial charge in [0.25, 0.3) is 5.56 Å². The molecule has 1 saturated carbocycles. The second-order valence-corrected chi connectivity index (χ2v) is 4.09. The highest BCUT2D eigenvalue weighted by Gasteiger charge is 2.20. The van der Waals surface area contributed by atoms with Crippen LogP contribution >= 0.6 is 0 Å². The Morgan fingerprint density at radius 2 is 2.40 bits per heavy atom. The molecule has 0 spiro atoms. The van der Waals surface area contributed by atoms with Crippen molar-refractivity contribution in [2.24, 2.45) is 0 Å². The van der Waals surface area contributed by atoms with E-state index in [4.69, 9.17) is 0 Å². The standard InChI is InChI=1S/C11H17N3O/c1-2-3-9-6-11(15)14-10(13-9)7-12-8-4-5-8/h6,8,12H,2-5,7H2,1H3,(H,13,14,15). The highest BCUT2D eigenvalue weighted by molar-refractivity contribution is 5.03. The smallest absolute Gasteiger partial charge is 0.251 e. The second-order valence-electron chi connectivity index (χ2n) is 4.09. The van der Waals surface area contributed by atoms with E-state index in [2.05, 4.69) is 22.2 Å². The minimum atomic E-state index is -0.0407. The molecule has 2 N–H and O–H groups in total. The van der Waals surface area contributed by atoms with Gasteiger partial charge in [0.15, 0.2) is 0 Å². The normalized spacial score (nSPS) is 15.5. The quantitative estimate of drug-likeness (QED) is 0.756. The maximum absolute atomic E-state index is 11.3. The van der Waals surface area contributed by atoms with Crippen LogP contribution in [0.3, 0.4) is 0 Å². The van der Waals surface area contributed by atoms with E-state index in [1.165, 1.54) is 12.8 Å². The number of rotatable bonds is 5. The maximum Gasteiger partial charge on any atom is 0.251 e. The third-order valence-corrected chi connectivity index (χ3v) is 2.49. The van der Waals surface area contributed by atoms with Gasteiger partial charge < -0.3 is 10.3 Å². The lowest BCUT2D eigenvalue weighted by Gasteiger charge is -2.04. The van der Waals surface area contributed by atoms with Gasteiger partial charge >= 0.3 is 0 Å². The van der Waals surface area contributed by atoms with Crippen molar-refractivity contribution in [3.63, 3.8) is 0 Å². The molecule has 82 valence electrons. The molecule has 1 fully saturated rings. The third-order valence-electron chi connectivity index (χ3n) is 2.49. The molecule has 0 unspecified atom stereocenters. The van der Waals surface area contributed by atoms with E-state index in [1.54, 1.807) is 6.07 Å².